The predicted octanol–water partition coefficient (Wildman–Crippen LogP) is 3.11. The molecule has 1 aliphatic rings. The van der Waals surface area contributed by atoms with Gasteiger partial charge in [-0.3, -0.25) is 0 Å². The third-order valence-electron chi connectivity index (χ3n) is 3.63. The average molecular weight is 396 g/mol. The van der Waals surface area contributed by atoms with Crippen molar-refractivity contribution in [1.82, 2.24) is 4.98 Å². The molecule has 3 rings (SSSR count). The fourth-order valence-electron chi connectivity index (χ4n) is 2.39. The zero-order valence-electron chi connectivity index (χ0n) is 14.8. The number of anilines is 1. The van der Waals surface area contributed by atoms with E-state index in [1.165, 1.54) is 12.3 Å². The summed E-state index contributed by atoms with van der Waals surface area (Å²) in [5.41, 5.74) is 7.17. The number of aliphatic imine (C=N–C) groups is 1. The van der Waals surface area contributed by atoms with Crippen LogP contribution in [0.4, 0.5) is 18.9 Å². The third-order valence-corrected chi connectivity index (χ3v) is 3.63. The van der Waals surface area contributed by atoms with Gasteiger partial charge >= 0.3 is 6.18 Å². The van der Waals surface area contributed by atoms with Crippen molar-refractivity contribution in [2.24, 2.45) is 10.7 Å². The predicted molar refractivity (Wildman–Crippen MR) is 96.8 cm³/mol. The van der Waals surface area contributed by atoms with Crippen LogP contribution in [0.25, 0.3) is 0 Å². The number of aromatic nitrogens is 1. The molecule has 0 radical (unpaired) electrons. The van der Waals surface area contributed by atoms with Gasteiger partial charge in [-0.05, 0) is 23.8 Å². The van der Waals surface area contributed by atoms with Crippen molar-refractivity contribution in [2.75, 3.05) is 25.1 Å². The highest BCUT2D eigenvalue weighted by Crippen LogP contribution is 2.32. The molecular weight excluding hydrogens is 377 g/mol. The van der Waals surface area contributed by atoms with E-state index in [0.717, 1.165) is 6.42 Å². The number of nitrogens with two attached hydrogens (primary N) is 1. The molecule has 0 spiro atoms. The average Bonchev–Trinajstić information content (AvgIpc) is 2.89. The molecule has 1 aliphatic heterocycles. The Labute approximate surface area is 159 Å². The first kappa shape index (κ1) is 19.6. The molecule has 0 amide bonds. The van der Waals surface area contributed by atoms with E-state index in [1.807, 2.05) is 0 Å². The van der Waals surface area contributed by atoms with Crippen LogP contribution in [0.2, 0.25) is 0 Å². The van der Waals surface area contributed by atoms with Crippen LogP contribution in [0.15, 0.2) is 41.5 Å². The molecule has 0 aliphatic carbocycles. The normalized spacial score (nSPS) is 14.3. The SMILES string of the molecule is NC(=NCc1ccnc(OCC(F)(F)F)c1)Nc1ccc2c(c1)OCCCO2. The Balaban J connectivity index is 1.59. The maximum Gasteiger partial charge on any atom is 0.422 e. The second-order valence-corrected chi connectivity index (χ2v) is 5.94. The number of halogens is 3. The number of rotatable bonds is 5. The first-order valence-corrected chi connectivity index (χ1v) is 8.50. The van der Waals surface area contributed by atoms with Crippen molar-refractivity contribution >= 4 is 11.6 Å². The molecule has 1 aromatic carbocycles. The molecule has 0 atom stereocenters. The molecule has 0 unspecified atom stereocenters. The summed E-state index contributed by atoms with van der Waals surface area (Å²) in [7, 11) is 0. The largest absolute Gasteiger partial charge is 0.490 e. The standard InChI is InChI=1S/C18H19F3N4O3/c19-18(20,21)11-28-16-8-12(4-5-23-16)10-24-17(22)25-13-2-3-14-15(9-13)27-7-1-6-26-14/h2-5,8-9H,1,6-7,10-11H2,(H3,22,24,25). The van der Waals surface area contributed by atoms with Gasteiger partial charge in [0.15, 0.2) is 24.1 Å². The van der Waals surface area contributed by atoms with Crippen molar-refractivity contribution in [2.45, 2.75) is 19.1 Å². The van der Waals surface area contributed by atoms with Crippen LogP contribution in [0.3, 0.4) is 0 Å². The van der Waals surface area contributed by atoms with E-state index in [0.29, 0.717) is 36.0 Å². The van der Waals surface area contributed by atoms with E-state index < -0.39 is 12.8 Å². The summed E-state index contributed by atoms with van der Waals surface area (Å²) in [6.45, 7) is -0.0837. The molecule has 0 saturated heterocycles. The van der Waals surface area contributed by atoms with Gasteiger partial charge in [-0.25, -0.2) is 9.98 Å². The quantitative estimate of drug-likeness (QED) is 0.596. The summed E-state index contributed by atoms with van der Waals surface area (Å²) in [5, 5.41) is 2.94. The molecule has 2 heterocycles. The molecule has 2 aromatic rings. The minimum absolute atomic E-state index is 0.126. The number of alkyl halides is 3. The summed E-state index contributed by atoms with van der Waals surface area (Å²) in [5.74, 6) is 1.31. The molecule has 0 fully saturated rings. The molecule has 0 saturated carbocycles. The van der Waals surface area contributed by atoms with Crippen LogP contribution >= 0.6 is 0 Å². The Morgan fingerprint density at radius 2 is 1.96 bits per heavy atom. The number of nitrogens with zero attached hydrogens (tertiary/aromatic N) is 2. The first-order valence-electron chi connectivity index (χ1n) is 8.50. The van der Waals surface area contributed by atoms with Crippen molar-refractivity contribution in [1.29, 1.82) is 0 Å². The highest BCUT2D eigenvalue weighted by Gasteiger charge is 2.28. The first-order chi connectivity index (χ1) is 13.4. The minimum Gasteiger partial charge on any atom is -0.490 e. The summed E-state index contributed by atoms with van der Waals surface area (Å²) in [6.07, 6.45) is -2.27. The molecule has 150 valence electrons. The van der Waals surface area contributed by atoms with Gasteiger partial charge in [0.2, 0.25) is 5.88 Å². The number of fused-ring (bicyclic) bond motifs is 1. The van der Waals surface area contributed by atoms with Gasteiger partial charge in [0, 0.05) is 30.4 Å². The Morgan fingerprint density at radius 3 is 2.75 bits per heavy atom. The summed E-state index contributed by atoms with van der Waals surface area (Å²) in [6, 6.07) is 8.33. The third kappa shape index (κ3) is 5.93. The lowest BCUT2D eigenvalue weighted by Gasteiger charge is -2.11. The minimum atomic E-state index is -4.42. The zero-order chi connectivity index (χ0) is 20.0. The van der Waals surface area contributed by atoms with Crippen LogP contribution < -0.4 is 25.3 Å². The van der Waals surface area contributed by atoms with Crippen LogP contribution in [0.1, 0.15) is 12.0 Å². The topological polar surface area (TPSA) is 91.0 Å². The Kier molecular flexibility index (Phi) is 6.07. The van der Waals surface area contributed by atoms with Crippen molar-refractivity contribution in [3.05, 3.63) is 42.1 Å². The van der Waals surface area contributed by atoms with Crippen molar-refractivity contribution < 1.29 is 27.4 Å². The number of hydrogen-bond acceptors (Lipinski definition) is 5. The fourth-order valence-corrected chi connectivity index (χ4v) is 2.39. The van der Waals surface area contributed by atoms with Gasteiger partial charge in [-0.1, -0.05) is 0 Å². The zero-order valence-corrected chi connectivity index (χ0v) is 14.8. The van der Waals surface area contributed by atoms with E-state index in [-0.39, 0.29) is 18.4 Å². The number of guanidine groups is 1. The molecule has 10 heteroatoms. The summed E-state index contributed by atoms with van der Waals surface area (Å²) >= 11 is 0. The number of nitrogens with one attached hydrogen (secondary N) is 1. The second kappa shape index (κ2) is 8.68. The highest BCUT2D eigenvalue weighted by atomic mass is 19.4. The number of pyridine rings is 1. The molecule has 0 bridgehead atoms. The van der Waals surface area contributed by atoms with E-state index >= 15 is 0 Å². The van der Waals surface area contributed by atoms with Gasteiger partial charge in [0.1, 0.15) is 0 Å². The second-order valence-electron chi connectivity index (χ2n) is 5.94. The van der Waals surface area contributed by atoms with Gasteiger partial charge in [-0.2, -0.15) is 13.2 Å². The molecule has 28 heavy (non-hydrogen) atoms. The molecule has 3 N–H and O–H groups in total. The maximum absolute atomic E-state index is 12.2. The van der Waals surface area contributed by atoms with Crippen LogP contribution in [-0.2, 0) is 6.54 Å². The Bertz CT molecular complexity index is 843. The summed E-state index contributed by atoms with van der Waals surface area (Å²) < 4.78 is 52.4. The van der Waals surface area contributed by atoms with Gasteiger partial charge < -0.3 is 25.3 Å². The Hall–Kier alpha value is -3.17. The lowest BCUT2D eigenvalue weighted by molar-refractivity contribution is -0.154. The lowest BCUT2D eigenvalue weighted by atomic mass is 10.2. The van der Waals surface area contributed by atoms with Crippen molar-refractivity contribution in [3.63, 3.8) is 0 Å². The number of benzene rings is 1. The molecule has 1 aromatic heterocycles. The van der Waals surface area contributed by atoms with E-state index in [1.54, 1.807) is 24.3 Å². The van der Waals surface area contributed by atoms with Gasteiger partial charge in [0.05, 0.1) is 19.8 Å². The van der Waals surface area contributed by atoms with Gasteiger partial charge in [0.25, 0.3) is 0 Å². The Morgan fingerprint density at radius 1 is 1.18 bits per heavy atom. The lowest BCUT2D eigenvalue weighted by Crippen LogP contribution is -2.22. The van der Waals surface area contributed by atoms with Crippen LogP contribution in [0.5, 0.6) is 17.4 Å². The fraction of sp³-hybridized carbons (Fsp3) is 0.333. The summed E-state index contributed by atoms with van der Waals surface area (Å²) in [4.78, 5) is 7.92. The van der Waals surface area contributed by atoms with E-state index in [4.69, 9.17) is 15.2 Å². The smallest absolute Gasteiger partial charge is 0.422 e. The number of ether oxygens (including phenoxy) is 3. The van der Waals surface area contributed by atoms with Crippen LogP contribution in [-0.4, -0.2) is 36.9 Å². The van der Waals surface area contributed by atoms with E-state index in [2.05, 4.69) is 20.0 Å². The highest BCUT2D eigenvalue weighted by molar-refractivity contribution is 5.92. The van der Waals surface area contributed by atoms with Crippen LogP contribution in [0, 0.1) is 0 Å². The maximum atomic E-state index is 12.2. The van der Waals surface area contributed by atoms with Crippen molar-refractivity contribution in [3.8, 4) is 17.4 Å². The van der Waals surface area contributed by atoms with E-state index in [9.17, 15) is 13.2 Å². The van der Waals surface area contributed by atoms with Gasteiger partial charge in [-0.15, -0.1) is 0 Å². The molecular formula is C18H19F3N4O3. The monoisotopic (exact) mass is 396 g/mol. The molecule has 7 nitrogen and oxygen atoms in total. The number of hydrogen-bond donors (Lipinski definition) is 2.